The Morgan fingerprint density at radius 3 is 2.46 bits per heavy atom. The molecule has 4 rings (SSSR count). The molecule has 0 bridgehead atoms. The number of aliphatic hydroxyl groups excluding tert-OH is 1. The third-order valence-electron chi connectivity index (χ3n) is 4.74. The van der Waals surface area contributed by atoms with Crippen LogP contribution in [0.15, 0.2) is 64.7 Å². The molecule has 1 N–H and O–H groups in total. The zero-order valence-electron chi connectivity index (χ0n) is 15.3. The Bertz CT molecular complexity index is 1040. The number of hydrogen-bond donors (Lipinski definition) is 1. The number of Topliss-reactive ketones (excluding diaryl/α,β-unsaturated/α-hetero) is 1. The highest BCUT2D eigenvalue weighted by atomic mass is 32.1. The fourth-order valence-electron chi connectivity index (χ4n) is 3.29. The quantitative estimate of drug-likeness (QED) is 0.593. The summed E-state index contributed by atoms with van der Waals surface area (Å²) < 4.78 is 0. The average Bonchev–Trinajstić information content (AvgIpc) is 3.43. The van der Waals surface area contributed by atoms with Crippen LogP contribution in [0.1, 0.15) is 46.6 Å². The first-order valence-electron chi connectivity index (χ1n) is 8.83. The predicted octanol–water partition coefficient (Wildman–Crippen LogP) is 5.11. The van der Waals surface area contributed by atoms with E-state index in [4.69, 9.17) is 0 Å². The van der Waals surface area contributed by atoms with Gasteiger partial charge in [-0.1, -0.05) is 44.2 Å². The van der Waals surface area contributed by atoms with Gasteiger partial charge in [0.05, 0.1) is 16.5 Å². The van der Waals surface area contributed by atoms with Crippen LogP contribution in [-0.2, 0) is 4.79 Å². The molecule has 0 saturated carbocycles. The number of ketones is 1. The fourth-order valence-corrected chi connectivity index (χ4v) is 4.63. The number of thiazole rings is 1. The van der Waals surface area contributed by atoms with Gasteiger partial charge in [0, 0.05) is 11.6 Å². The topological polar surface area (TPSA) is 70.5 Å². The van der Waals surface area contributed by atoms with Crippen molar-refractivity contribution in [1.82, 2.24) is 4.98 Å². The lowest BCUT2D eigenvalue weighted by Crippen LogP contribution is -2.30. The van der Waals surface area contributed by atoms with Crippen molar-refractivity contribution in [3.05, 3.63) is 80.7 Å². The molecule has 2 aromatic heterocycles. The second-order valence-electron chi connectivity index (χ2n) is 6.78. The smallest absolute Gasteiger partial charge is 0.296 e. The number of carbonyl (C=O) groups is 2. The van der Waals surface area contributed by atoms with Crippen LogP contribution in [0.2, 0.25) is 0 Å². The lowest BCUT2D eigenvalue weighted by Gasteiger charge is -2.24. The van der Waals surface area contributed by atoms with Crippen LogP contribution in [-0.4, -0.2) is 21.8 Å². The number of carbonyl (C=O) groups excluding carboxylic acids is 2. The number of hydrogen-bond acceptors (Lipinski definition) is 6. The Morgan fingerprint density at radius 1 is 1.14 bits per heavy atom. The van der Waals surface area contributed by atoms with Gasteiger partial charge in [-0.25, -0.2) is 4.98 Å². The van der Waals surface area contributed by atoms with Crippen molar-refractivity contribution in [3.63, 3.8) is 0 Å². The van der Waals surface area contributed by atoms with Crippen LogP contribution >= 0.6 is 22.7 Å². The largest absolute Gasteiger partial charge is 0.503 e. The number of anilines is 1. The van der Waals surface area contributed by atoms with Gasteiger partial charge in [-0.05, 0) is 28.5 Å². The van der Waals surface area contributed by atoms with E-state index in [2.05, 4.69) is 18.8 Å². The summed E-state index contributed by atoms with van der Waals surface area (Å²) in [6.07, 6.45) is 1.60. The highest BCUT2D eigenvalue weighted by molar-refractivity contribution is 7.14. The zero-order valence-corrected chi connectivity index (χ0v) is 17.0. The van der Waals surface area contributed by atoms with Gasteiger partial charge in [0.25, 0.3) is 5.91 Å². The summed E-state index contributed by atoms with van der Waals surface area (Å²) in [6, 6.07) is 10.6. The summed E-state index contributed by atoms with van der Waals surface area (Å²) >= 11 is 2.58. The van der Waals surface area contributed by atoms with E-state index in [1.54, 1.807) is 29.1 Å². The first-order chi connectivity index (χ1) is 13.5. The van der Waals surface area contributed by atoms with E-state index in [0.29, 0.717) is 15.9 Å². The van der Waals surface area contributed by atoms with Crippen molar-refractivity contribution in [1.29, 1.82) is 0 Å². The number of amides is 1. The van der Waals surface area contributed by atoms with E-state index in [0.717, 1.165) is 11.1 Å². The number of thiophene rings is 1. The first-order valence-corrected chi connectivity index (χ1v) is 10.6. The Kier molecular flexibility index (Phi) is 4.87. The molecule has 0 spiro atoms. The molecule has 0 fully saturated rings. The van der Waals surface area contributed by atoms with Gasteiger partial charge in [0.1, 0.15) is 0 Å². The summed E-state index contributed by atoms with van der Waals surface area (Å²) in [6.45, 7) is 4.21. The van der Waals surface area contributed by atoms with Gasteiger partial charge in [-0.2, -0.15) is 0 Å². The highest BCUT2D eigenvalue weighted by Crippen LogP contribution is 2.43. The maximum Gasteiger partial charge on any atom is 0.296 e. The molecule has 1 aromatic carbocycles. The summed E-state index contributed by atoms with van der Waals surface area (Å²) in [5, 5.41) is 14.6. The Hall–Kier alpha value is -2.77. The molecule has 3 heterocycles. The number of nitrogens with zero attached hydrogens (tertiary/aromatic N) is 2. The molecule has 0 unspecified atom stereocenters. The third kappa shape index (κ3) is 3.06. The van der Waals surface area contributed by atoms with Crippen molar-refractivity contribution in [3.8, 4) is 0 Å². The molecule has 1 aliphatic rings. The number of benzene rings is 1. The number of aromatic nitrogens is 1. The highest BCUT2D eigenvalue weighted by Gasteiger charge is 2.45. The minimum absolute atomic E-state index is 0.0972. The van der Waals surface area contributed by atoms with Gasteiger partial charge in [0.15, 0.2) is 10.9 Å². The Balaban J connectivity index is 1.85. The molecule has 0 aliphatic carbocycles. The van der Waals surface area contributed by atoms with Gasteiger partial charge in [-0.3, -0.25) is 14.5 Å². The van der Waals surface area contributed by atoms with Crippen LogP contribution in [0, 0.1) is 0 Å². The second kappa shape index (κ2) is 7.33. The molecular formula is C21H18N2O3S2. The molecule has 28 heavy (non-hydrogen) atoms. The van der Waals surface area contributed by atoms with Crippen molar-refractivity contribution >= 4 is 39.5 Å². The Morgan fingerprint density at radius 2 is 1.89 bits per heavy atom. The van der Waals surface area contributed by atoms with Crippen molar-refractivity contribution in [2.45, 2.75) is 25.8 Å². The number of rotatable bonds is 5. The number of aliphatic hydroxyl groups is 1. The van der Waals surface area contributed by atoms with Crippen LogP contribution in [0.5, 0.6) is 0 Å². The van der Waals surface area contributed by atoms with Crippen molar-refractivity contribution in [2.24, 2.45) is 0 Å². The van der Waals surface area contributed by atoms with Gasteiger partial charge in [-0.15, -0.1) is 22.7 Å². The van der Waals surface area contributed by atoms with Crippen molar-refractivity contribution < 1.29 is 14.7 Å². The molecule has 5 nitrogen and oxygen atoms in total. The summed E-state index contributed by atoms with van der Waals surface area (Å²) in [5.41, 5.74) is 2.02. The van der Waals surface area contributed by atoms with Crippen LogP contribution in [0.25, 0.3) is 0 Å². The minimum atomic E-state index is -0.713. The van der Waals surface area contributed by atoms with E-state index in [1.807, 2.05) is 24.3 Å². The van der Waals surface area contributed by atoms with E-state index in [-0.39, 0.29) is 11.4 Å². The molecule has 1 aliphatic heterocycles. The Labute approximate surface area is 170 Å². The molecule has 0 saturated heterocycles. The summed E-state index contributed by atoms with van der Waals surface area (Å²) in [7, 11) is 0. The minimum Gasteiger partial charge on any atom is -0.503 e. The third-order valence-corrected chi connectivity index (χ3v) is 6.38. The SMILES string of the molecule is CC(C)c1ccc([C@@H]2C(C(=O)c3cccs3)=C(O)C(=O)N2c2nccs2)cc1. The molecule has 0 radical (unpaired) electrons. The molecule has 3 aromatic rings. The van der Waals surface area contributed by atoms with Gasteiger partial charge >= 0.3 is 0 Å². The van der Waals surface area contributed by atoms with E-state index in [9.17, 15) is 14.7 Å². The van der Waals surface area contributed by atoms with E-state index < -0.39 is 17.7 Å². The lowest BCUT2D eigenvalue weighted by atomic mass is 9.93. The molecule has 7 heteroatoms. The van der Waals surface area contributed by atoms with Crippen LogP contribution in [0.4, 0.5) is 5.13 Å². The normalized spacial score (nSPS) is 17.0. The molecule has 1 atom stereocenters. The maximum atomic E-state index is 13.1. The summed E-state index contributed by atoms with van der Waals surface area (Å²) in [4.78, 5) is 32.1. The first kappa shape index (κ1) is 18.6. The monoisotopic (exact) mass is 410 g/mol. The molecule has 142 valence electrons. The lowest BCUT2D eigenvalue weighted by molar-refractivity contribution is -0.117. The van der Waals surface area contributed by atoms with Gasteiger partial charge < -0.3 is 5.11 Å². The van der Waals surface area contributed by atoms with Crippen LogP contribution < -0.4 is 4.90 Å². The molecular weight excluding hydrogens is 392 g/mol. The molecule has 1 amide bonds. The standard InChI is InChI=1S/C21H18N2O3S2/c1-12(2)13-5-7-14(8-6-13)17-16(18(24)15-4-3-10-27-15)19(25)20(26)23(17)21-22-9-11-28-21/h3-12,17,25H,1-2H3/t17-/m1/s1. The van der Waals surface area contributed by atoms with Crippen LogP contribution in [0.3, 0.4) is 0 Å². The van der Waals surface area contributed by atoms with E-state index >= 15 is 0 Å². The maximum absolute atomic E-state index is 13.1. The zero-order chi connectivity index (χ0) is 19.8. The average molecular weight is 411 g/mol. The fraction of sp³-hybridized carbons (Fsp3) is 0.190. The summed E-state index contributed by atoms with van der Waals surface area (Å²) in [5.74, 6) is -1.08. The van der Waals surface area contributed by atoms with E-state index in [1.165, 1.54) is 27.6 Å². The van der Waals surface area contributed by atoms with Gasteiger partial charge in [0.2, 0.25) is 5.78 Å². The van der Waals surface area contributed by atoms with Crippen molar-refractivity contribution in [2.75, 3.05) is 4.90 Å². The predicted molar refractivity (Wildman–Crippen MR) is 111 cm³/mol. The second-order valence-corrected chi connectivity index (χ2v) is 8.60.